The number of likely N-dealkylation sites (tertiary alicyclic amines) is 1. The van der Waals surface area contributed by atoms with Crippen LogP contribution in [0.2, 0.25) is 0 Å². The molecule has 0 radical (unpaired) electrons. The van der Waals surface area contributed by atoms with Gasteiger partial charge in [0.2, 0.25) is 0 Å². The molecule has 29 heavy (non-hydrogen) atoms. The average Bonchev–Trinajstić information content (AvgIpc) is 2.89. The Bertz CT molecular complexity index is 953. The summed E-state index contributed by atoms with van der Waals surface area (Å²) >= 11 is 0. The van der Waals surface area contributed by atoms with Gasteiger partial charge in [0.25, 0.3) is 5.91 Å². The Morgan fingerprint density at radius 2 is 1.79 bits per heavy atom. The van der Waals surface area contributed by atoms with E-state index in [-0.39, 0.29) is 39.7 Å². The second-order valence-electron chi connectivity index (χ2n) is 9.60. The van der Waals surface area contributed by atoms with Gasteiger partial charge in [-0.15, -0.1) is 0 Å². The highest BCUT2D eigenvalue weighted by Gasteiger charge is 2.51. The second kappa shape index (κ2) is 6.57. The van der Waals surface area contributed by atoms with Gasteiger partial charge < -0.3 is 4.90 Å². The molecule has 1 aliphatic carbocycles. The number of hydrogen-bond acceptors (Lipinski definition) is 2. The number of halogens is 3. The van der Waals surface area contributed by atoms with Crippen LogP contribution >= 0.6 is 0 Å². The van der Waals surface area contributed by atoms with E-state index in [1.165, 1.54) is 18.2 Å². The number of carbonyl (C=O) groups is 1. The Hall–Kier alpha value is -2.37. The maximum Gasteiger partial charge on any atom is 0.417 e. The van der Waals surface area contributed by atoms with Gasteiger partial charge in [-0.05, 0) is 48.3 Å². The highest BCUT2D eigenvalue weighted by molar-refractivity contribution is 5.93. The zero-order chi connectivity index (χ0) is 21.0. The van der Waals surface area contributed by atoms with Crippen LogP contribution < -0.4 is 0 Å². The van der Waals surface area contributed by atoms with Gasteiger partial charge in [-0.25, -0.2) is 4.98 Å². The van der Waals surface area contributed by atoms with Crippen molar-refractivity contribution in [3.05, 3.63) is 53.7 Å². The Balaban J connectivity index is 1.67. The summed E-state index contributed by atoms with van der Waals surface area (Å²) < 4.78 is 40.2. The van der Waals surface area contributed by atoms with E-state index >= 15 is 0 Å². The normalized spacial score (nSPS) is 25.9. The monoisotopic (exact) mass is 402 g/mol. The number of alkyl halides is 3. The Labute approximate surface area is 168 Å². The van der Waals surface area contributed by atoms with Gasteiger partial charge in [-0.3, -0.25) is 4.79 Å². The third kappa shape index (κ3) is 3.77. The van der Waals surface area contributed by atoms with Crippen molar-refractivity contribution >= 4 is 5.91 Å². The van der Waals surface area contributed by atoms with Crippen LogP contribution in [0.15, 0.2) is 42.5 Å². The number of rotatable bonds is 2. The van der Waals surface area contributed by atoms with Gasteiger partial charge in [-0.2, -0.15) is 13.2 Å². The summed E-state index contributed by atoms with van der Waals surface area (Å²) in [5.74, 6) is -0.192. The average molecular weight is 402 g/mol. The summed E-state index contributed by atoms with van der Waals surface area (Å²) in [6.45, 7) is 7.36. The lowest BCUT2D eigenvalue weighted by Gasteiger charge is -2.39. The summed E-state index contributed by atoms with van der Waals surface area (Å²) in [7, 11) is 0. The van der Waals surface area contributed by atoms with Gasteiger partial charge >= 0.3 is 6.18 Å². The van der Waals surface area contributed by atoms with Gasteiger partial charge in [-0.1, -0.05) is 45.0 Å². The number of aromatic nitrogens is 1. The Kier molecular flexibility index (Phi) is 4.52. The van der Waals surface area contributed by atoms with E-state index < -0.39 is 11.7 Å². The third-order valence-electron chi connectivity index (χ3n) is 6.15. The summed E-state index contributed by atoms with van der Waals surface area (Å²) in [4.78, 5) is 19.5. The SMILES string of the molecule is CC1(C)C[C@@H]2C[C@@](C)(CN2C(=O)c2cccc(-c3ccccc3C(F)(F)F)n2)C1. The molecule has 154 valence electrons. The first-order valence-corrected chi connectivity index (χ1v) is 9.92. The van der Waals surface area contributed by atoms with Crippen LogP contribution in [0.3, 0.4) is 0 Å². The highest BCUT2D eigenvalue weighted by Crippen LogP contribution is 2.52. The molecule has 0 N–H and O–H groups in total. The lowest BCUT2D eigenvalue weighted by Crippen LogP contribution is -2.38. The van der Waals surface area contributed by atoms with E-state index in [1.807, 2.05) is 4.90 Å². The Morgan fingerprint density at radius 1 is 1.07 bits per heavy atom. The van der Waals surface area contributed by atoms with E-state index in [4.69, 9.17) is 0 Å². The highest BCUT2D eigenvalue weighted by atomic mass is 19.4. The van der Waals surface area contributed by atoms with Crippen LogP contribution in [-0.2, 0) is 6.18 Å². The van der Waals surface area contributed by atoms with Crippen molar-refractivity contribution in [2.45, 2.75) is 52.3 Å². The van der Waals surface area contributed by atoms with Gasteiger partial charge in [0.05, 0.1) is 11.3 Å². The number of nitrogens with zero attached hydrogens (tertiary/aromatic N) is 2. The minimum Gasteiger partial charge on any atom is -0.334 e. The molecule has 2 bridgehead atoms. The summed E-state index contributed by atoms with van der Waals surface area (Å²) in [5.41, 5.74) is -0.131. The van der Waals surface area contributed by atoms with Crippen LogP contribution in [0.25, 0.3) is 11.3 Å². The zero-order valence-corrected chi connectivity index (χ0v) is 16.9. The molecule has 4 rings (SSSR count). The van der Waals surface area contributed by atoms with Crippen molar-refractivity contribution in [2.24, 2.45) is 10.8 Å². The minimum absolute atomic E-state index is 0.0112. The zero-order valence-electron chi connectivity index (χ0n) is 16.9. The van der Waals surface area contributed by atoms with Crippen molar-refractivity contribution in [1.82, 2.24) is 9.88 Å². The van der Waals surface area contributed by atoms with Crippen molar-refractivity contribution in [2.75, 3.05) is 6.54 Å². The number of benzene rings is 1. The maximum absolute atomic E-state index is 13.4. The molecule has 2 aromatic rings. The standard InChI is InChI=1S/C23H25F3N2O/c1-21(2)11-15-12-22(3,13-21)14-28(15)20(29)19-10-6-9-18(27-19)16-7-4-5-8-17(16)23(24,25)26/h4-10,15H,11-14H2,1-3H3/t15-,22-/m1/s1. The smallest absolute Gasteiger partial charge is 0.334 e. The lowest BCUT2D eigenvalue weighted by molar-refractivity contribution is -0.137. The first-order valence-electron chi connectivity index (χ1n) is 9.92. The number of fused-ring (bicyclic) bond motifs is 2. The molecule has 0 spiro atoms. The fourth-order valence-electron chi connectivity index (χ4n) is 5.50. The molecule has 1 saturated carbocycles. The minimum atomic E-state index is -4.48. The van der Waals surface area contributed by atoms with Crippen LogP contribution in [-0.4, -0.2) is 28.4 Å². The van der Waals surface area contributed by atoms with E-state index in [0.717, 1.165) is 25.3 Å². The molecule has 1 aliphatic heterocycles. The van der Waals surface area contributed by atoms with Gasteiger partial charge in [0.1, 0.15) is 5.69 Å². The molecule has 1 amide bonds. The van der Waals surface area contributed by atoms with E-state index in [1.54, 1.807) is 18.2 Å². The van der Waals surface area contributed by atoms with Crippen molar-refractivity contribution < 1.29 is 18.0 Å². The van der Waals surface area contributed by atoms with Crippen molar-refractivity contribution in [3.63, 3.8) is 0 Å². The maximum atomic E-state index is 13.4. The number of pyridine rings is 1. The molecule has 1 aromatic carbocycles. The number of amides is 1. The predicted molar refractivity (Wildman–Crippen MR) is 105 cm³/mol. The van der Waals surface area contributed by atoms with Crippen LogP contribution in [0, 0.1) is 10.8 Å². The quantitative estimate of drug-likeness (QED) is 0.635. The van der Waals surface area contributed by atoms with Crippen LogP contribution in [0.1, 0.15) is 56.1 Å². The molecule has 0 unspecified atom stereocenters. The lowest BCUT2D eigenvalue weighted by atomic mass is 9.65. The van der Waals surface area contributed by atoms with E-state index in [2.05, 4.69) is 25.8 Å². The fraction of sp³-hybridized carbons (Fsp3) is 0.478. The number of hydrogen-bond donors (Lipinski definition) is 0. The molecule has 2 heterocycles. The van der Waals surface area contributed by atoms with Crippen molar-refractivity contribution in [3.8, 4) is 11.3 Å². The molecule has 2 atom stereocenters. The molecule has 6 heteroatoms. The molecular weight excluding hydrogens is 377 g/mol. The summed E-state index contributed by atoms with van der Waals surface area (Å²) in [6.07, 6.45) is -1.51. The summed E-state index contributed by atoms with van der Waals surface area (Å²) in [6, 6.07) is 10.2. The topological polar surface area (TPSA) is 33.2 Å². The summed E-state index contributed by atoms with van der Waals surface area (Å²) in [5, 5.41) is 0. The largest absolute Gasteiger partial charge is 0.417 e. The fourth-order valence-corrected chi connectivity index (χ4v) is 5.50. The first kappa shape index (κ1) is 19.9. The second-order valence-corrected chi connectivity index (χ2v) is 9.60. The molecule has 1 saturated heterocycles. The van der Waals surface area contributed by atoms with Crippen LogP contribution in [0.4, 0.5) is 13.2 Å². The molecular formula is C23H25F3N2O. The van der Waals surface area contributed by atoms with E-state index in [0.29, 0.717) is 6.54 Å². The van der Waals surface area contributed by atoms with Gasteiger partial charge in [0, 0.05) is 18.2 Å². The molecule has 2 aliphatic rings. The third-order valence-corrected chi connectivity index (χ3v) is 6.15. The molecule has 2 fully saturated rings. The first-order chi connectivity index (χ1) is 13.5. The predicted octanol–water partition coefficient (Wildman–Crippen LogP) is 5.81. The van der Waals surface area contributed by atoms with Crippen molar-refractivity contribution in [1.29, 1.82) is 0 Å². The Morgan fingerprint density at radius 3 is 2.52 bits per heavy atom. The van der Waals surface area contributed by atoms with Gasteiger partial charge in [0.15, 0.2) is 0 Å². The molecule has 1 aromatic heterocycles. The van der Waals surface area contributed by atoms with E-state index in [9.17, 15) is 18.0 Å². The van der Waals surface area contributed by atoms with Crippen LogP contribution in [0.5, 0.6) is 0 Å². The number of carbonyl (C=O) groups excluding carboxylic acids is 1. The molecule has 3 nitrogen and oxygen atoms in total.